The van der Waals surface area contributed by atoms with E-state index in [4.69, 9.17) is 4.74 Å². The first-order valence-electron chi connectivity index (χ1n) is 6.86. The molecule has 0 aromatic heterocycles. The quantitative estimate of drug-likeness (QED) is 0.485. The third kappa shape index (κ3) is 6.78. The van der Waals surface area contributed by atoms with Crippen LogP contribution in [-0.4, -0.2) is 24.8 Å². The van der Waals surface area contributed by atoms with E-state index in [1.54, 1.807) is 0 Å². The van der Waals surface area contributed by atoms with Gasteiger partial charge in [-0.25, -0.2) is 4.79 Å². The van der Waals surface area contributed by atoms with Crippen molar-refractivity contribution in [2.24, 2.45) is 0 Å². The number of allylic oxidation sites excluding steroid dienone is 1. The first kappa shape index (κ1) is 17.0. The van der Waals surface area contributed by atoms with E-state index in [9.17, 15) is 4.79 Å². The van der Waals surface area contributed by atoms with Gasteiger partial charge in [-0.2, -0.15) is 0 Å². The number of hydrogen-bond acceptors (Lipinski definition) is 3. The van der Waals surface area contributed by atoms with Crippen LogP contribution in [0.5, 0.6) is 0 Å². The molecular weight excluding hydrogens is 264 g/mol. The van der Waals surface area contributed by atoms with Gasteiger partial charge in [-0.15, -0.1) is 0 Å². The molecule has 0 heterocycles. The zero-order valence-corrected chi connectivity index (χ0v) is 13.3. The summed E-state index contributed by atoms with van der Waals surface area (Å²) in [5.41, 5.74) is 1.23. The summed E-state index contributed by atoms with van der Waals surface area (Å²) < 4.78 is 10.4. The van der Waals surface area contributed by atoms with Crippen LogP contribution in [-0.2, 0) is 14.3 Å². The Hall–Kier alpha value is -2.05. The molecular formula is C18H22O3. The van der Waals surface area contributed by atoms with Gasteiger partial charge in [0, 0.05) is 11.6 Å². The molecule has 0 bridgehead atoms. The van der Waals surface area contributed by atoms with Crippen LogP contribution in [0.15, 0.2) is 36.4 Å². The fourth-order valence-electron chi connectivity index (χ4n) is 1.73. The van der Waals surface area contributed by atoms with E-state index in [0.717, 1.165) is 5.56 Å². The highest BCUT2D eigenvalue weighted by molar-refractivity contribution is 5.96. The lowest BCUT2D eigenvalue weighted by Gasteiger charge is -2.21. The number of benzene rings is 1. The number of rotatable bonds is 3. The molecule has 0 radical (unpaired) electrons. The van der Waals surface area contributed by atoms with Crippen LogP contribution in [0, 0.1) is 11.8 Å². The van der Waals surface area contributed by atoms with Gasteiger partial charge < -0.3 is 9.47 Å². The Kier molecular flexibility index (Phi) is 6.20. The van der Waals surface area contributed by atoms with Crippen molar-refractivity contribution >= 4 is 11.5 Å². The molecule has 0 aliphatic heterocycles. The van der Waals surface area contributed by atoms with Gasteiger partial charge in [0.05, 0.1) is 12.7 Å². The highest BCUT2D eigenvalue weighted by Gasteiger charge is 2.13. The van der Waals surface area contributed by atoms with Gasteiger partial charge in [0.25, 0.3) is 0 Å². The van der Waals surface area contributed by atoms with Gasteiger partial charge in [0.15, 0.2) is 0 Å². The topological polar surface area (TPSA) is 35.5 Å². The average molecular weight is 286 g/mol. The number of ether oxygens (including phenoxy) is 2. The first-order valence-corrected chi connectivity index (χ1v) is 6.86. The largest absolute Gasteiger partial charge is 0.466 e. The Morgan fingerprint density at radius 3 is 2.38 bits per heavy atom. The predicted molar refractivity (Wildman–Crippen MR) is 84.5 cm³/mol. The van der Waals surface area contributed by atoms with E-state index in [-0.39, 0.29) is 11.7 Å². The molecule has 1 rings (SSSR count). The minimum Gasteiger partial charge on any atom is -0.466 e. The van der Waals surface area contributed by atoms with Gasteiger partial charge in [-0.3, -0.25) is 0 Å². The SMILES string of the molecule is COC(=O)/C=C(/C#CC(C)OC(C)(C)C)c1ccccc1. The lowest BCUT2D eigenvalue weighted by Crippen LogP contribution is -2.24. The highest BCUT2D eigenvalue weighted by atomic mass is 16.5. The molecule has 1 unspecified atom stereocenters. The summed E-state index contributed by atoms with van der Waals surface area (Å²) in [6, 6.07) is 9.52. The maximum atomic E-state index is 11.5. The smallest absolute Gasteiger partial charge is 0.331 e. The molecule has 21 heavy (non-hydrogen) atoms. The van der Waals surface area contributed by atoms with E-state index in [2.05, 4.69) is 16.6 Å². The van der Waals surface area contributed by atoms with Crippen molar-refractivity contribution < 1.29 is 14.3 Å². The molecule has 0 amide bonds. The summed E-state index contributed by atoms with van der Waals surface area (Å²) in [6.45, 7) is 7.83. The van der Waals surface area contributed by atoms with E-state index in [1.807, 2.05) is 58.0 Å². The molecule has 0 aliphatic rings. The second kappa shape index (κ2) is 7.66. The van der Waals surface area contributed by atoms with Gasteiger partial charge in [0.1, 0.15) is 6.10 Å². The second-order valence-electron chi connectivity index (χ2n) is 5.59. The van der Waals surface area contributed by atoms with Crippen molar-refractivity contribution in [3.05, 3.63) is 42.0 Å². The lowest BCUT2D eigenvalue weighted by atomic mass is 10.1. The zero-order chi connectivity index (χ0) is 15.9. The van der Waals surface area contributed by atoms with Crippen LogP contribution in [0.4, 0.5) is 0 Å². The lowest BCUT2D eigenvalue weighted by molar-refractivity contribution is -0.134. The van der Waals surface area contributed by atoms with Crippen LogP contribution >= 0.6 is 0 Å². The Bertz CT molecular complexity index is 554. The van der Waals surface area contributed by atoms with Crippen LogP contribution in [0.3, 0.4) is 0 Å². The van der Waals surface area contributed by atoms with Crippen LogP contribution < -0.4 is 0 Å². The Morgan fingerprint density at radius 1 is 1.24 bits per heavy atom. The molecule has 1 aromatic carbocycles. The molecule has 3 heteroatoms. The summed E-state index contributed by atoms with van der Waals surface area (Å²) in [6.07, 6.45) is 1.17. The Labute approximate surface area is 127 Å². The summed E-state index contributed by atoms with van der Waals surface area (Å²) in [4.78, 5) is 11.5. The van der Waals surface area contributed by atoms with Gasteiger partial charge in [-0.05, 0) is 33.3 Å². The van der Waals surface area contributed by atoms with Crippen molar-refractivity contribution in [3.8, 4) is 11.8 Å². The molecule has 1 atom stereocenters. The second-order valence-corrected chi connectivity index (χ2v) is 5.59. The third-order valence-corrected chi connectivity index (χ3v) is 2.49. The van der Waals surface area contributed by atoms with E-state index in [0.29, 0.717) is 5.57 Å². The summed E-state index contributed by atoms with van der Waals surface area (Å²) in [7, 11) is 1.35. The third-order valence-electron chi connectivity index (χ3n) is 2.49. The van der Waals surface area contributed by atoms with E-state index < -0.39 is 5.97 Å². The monoisotopic (exact) mass is 286 g/mol. The van der Waals surface area contributed by atoms with Crippen LogP contribution in [0.1, 0.15) is 33.3 Å². The zero-order valence-electron chi connectivity index (χ0n) is 13.3. The maximum absolute atomic E-state index is 11.5. The van der Waals surface area contributed by atoms with Crippen molar-refractivity contribution in [2.45, 2.75) is 39.4 Å². The Morgan fingerprint density at radius 2 is 1.86 bits per heavy atom. The standard InChI is InChI=1S/C18H22O3/c1-14(21-18(2,3)4)11-12-16(13-17(19)20-5)15-9-7-6-8-10-15/h6-10,13-14H,1-5H3/b16-13-. The molecule has 112 valence electrons. The predicted octanol–water partition coefficient (Wildman–Crippen LogP) is 3.45. The molecule has 0 aliphatic carbocycles. The van der Waals surface area contributed by atoms with Crippen molar-refractivity contribution in [1.29, 1.82) is 0 Å². The molecule has 0 spiro atoms. The fourth-order valence-corrected chi connectivity index (χ4v) is 1.73. The molecule has 0 fully saturated rings. The van der Waals surface area contributed by atoms with Gasteiger partial charge in [0.2, 0.25) is 0 Å². The minimum atomic E-state index is -0.424. The number of esters is 1. The van der Waals surface area contributed by atoms with Crippen molar-refractivity contribution in [1.82, 2.24) is 0 Å². The normalized spacial score (nSPS) is 13.1. The van der Waals surface area contributed by atoms with E-state index >= 15 is 0 Å². The molecule has 3 nitrogen and oxygen atoms in total. The number of carbonyl (C=O) groups excluding carboxylic acids is 1. The van der Waals surface area contributed by atoms with Gasteiger partial charge >= 0.3 is 5.97 Å². The first-order chi connectivity index (χ1) is 9.81. The van der Waals surface area contributed by atoms with E-state index in [1.165, 1.54) is 13.2 Å². The van der Waals surface area contributed by atoms with Gasteiger partial charge in [-0.1, -0.05) is 42.2 Å². The van der Waals surface area contributed by atoms with Crippen LogP contribution in [0.2, 0.25) is 0 Å². The van der Waals surface area contributed by atoms with Crippen molar-refractivity contribution in [2.75, 3.05) is 7.11 Å². The fraction of sp³-hybridized carbons (Fsp3) is 0.389. The average Bonchev–Trinajstić information content (AvgIpc) is 2.42. The summed E-state index contributed by atoms with van der Waals surface area (Å²) >= 11 is 0. The molecule has 1 aromatic rings. The highest BCUT2D eigenvalue weighted by Crippen LogP contribution is 2.14. The molecule has 0 saturated carbocycles. The van der Waals surface area contributed by atoms with Crippen molar-refractivity contribution in [3.63, 3.8) is 0 Å². The number of carbonyl (C=O) groups is 1. The molecule has 0 saturated heterocycles. The number of methoxy groups -OCH3 is 1. The molecule has 0 N–H and O–H groups in total. The summed E-state index contributed by atoms with van der Waals surface area (Å²) in [5, 5.41) is 0. The number of hydrogen-bond donors (Lipinski definition) is 0. The minimum absolute atomic E-state index is 0.227. The van der Waals surface area contributed by atoms with Crippen LogP contribution in [0.25, 0.3) is 5.57 Å². The Balaban J connectivity index is 3.01. The maximum Gasteiger partial charge on any atom is 0.331 e. The summed E-state index contributed by atoms with van der Waals surface area (Å²) in [5.74, 6) is 5.60.